The van der Waals surface area contributed by atoms with Gasteiger partial charge in [0.15, 0.2) is 0 Å². The molecule has 0 rings (SSSR count). The predicted octanol–water partition coefficient (Wildman–Crippen LogP) is 2.10. The molecular formula is C12H26N2O2. The number of carbonyl (C=O) groups is 1. The van der Waals surface area contributed by atoms with Crippen LogP contribution in [-0.2, 0) is 4.74 Å². The van der Waals surface area contributed by atoms with Crippen LogP contribution in [0.2, 0.25) is 0 Å². The maximum absolute atomic E-state index is 11.6. The summed E-state index contributed by atoms with van der Waals surface area (Å²) >= 11 is 0. The van der Waals surface area contributed by atoms with Gasteiger partial charge in [0.2, 0.25) is 0 Å². The van der Waals surface area contributed by atoms with E-state index in [9.17, 15) is 4.79 Å². The molecule has 0 radical (unpaired) electrons. The molecule has 1 unspecified atom stereocenters. The highest BCUT2D eigenvalue weighted by Gasteiger charge is 2.19. The molecule has 0 fully saturated rings. The number of hydrogen-bond acceptors (Lipinski definition) is 3. The van der Waals surface area contributed by atoms with Gasteiger partial charge in [-0.15, -0.1) is 0 Å². The summed E-state index contributed by atoms with van der Waals surface area (Å²) in [7, 11) is 3.72. The second-order valence-corrected chi connectivity index (χ2v) is 5.35. The number of amides is 1. The Labute approximate surface area is 99.3 Å². The van der Waals surface area contributed by atoms with Crippen molar-refractivity contribution in [3.05, 3.63) is 0 Å². The normalized spacial score (nSPS) is 13.4. The van der Waals surface area contributed by atoms with E-state index in [4.69, 9.17) is 4.74 Å². The Morgan fingerprint density at radius 3 is 2.44 bits per heavy atom. The third-order valence-corrected chi connectivity index (χ3v) is 2.22. The van der Waals surface area contributed by atoms with E-state index in [1.807, 2.05) is 27.8 Å². The Morgan fingerprint density at radius 2 is 2.00 bits per heavy atom. The van der Waals surface area contributed by atoms with Gasteiger partial charge in [-0.1, -0.05) is 6.92 Å². The fourth-order valence-electron chi connectivity index (χ4n) is 1.30. The first kappa shape index (κ1) is 15.2. The first-order valence-electron chi connectivity index (χ1n) is 5.85. The molecule has 0 aromatic rings. The Morgan fingerprint density at radius 1 is 1.44 bits per heavy atom. The Hall–Kier alpha value is -0.770. The van der Waals surface area contributed by atoms with Crippen LogP contribution in [0.3, 0.4) is 0 Å². The van der Waals surface area contributed by atoms with Crippen molar-refractivity contribution in [3.63, 3.8) is 0 Å². The van der Waals surface area contributed by atoms with Gasteiger partial charge < -0.3 is 15.0 Å². The topological polar surface area (TPSA) is 41.6 Å². The SMILES string of the molecule is CNCC(C)CCN(C)C(=O)OC(C)(C)C. The van der Waals surface area contributed by atoms with Crippen LogP contribution < -0.4 is 5.32 Å². The van der Waals surface area contributed by atoms with Crippen molar-refractivity contribution in [2.45, 2.75) is 39.7 Å². The van der Waals surface area contributed by atoms with Gasteiger partial charge in [0.1, 0.15) is 5.60 Å². The van der Waals surface area contributed by atoms with Crippen LogP contribution in [-0.4, -0.2) is 43.8 Å². The average Bonchev–Trinajstić information content (AvgIpc) is 2.11. The van der Waals surface area contributed by atoms with Crippen molar-refractivity contribution in [2.24, 2.45) is 5.92 Å². The summed E-state index contributed by atoms with van der Waals surface area (Å²) in [5.74, 6) is 0.565. The highest BCUT2D eigenvalue weighted by Crippen LogP contribution is 2.10. The molecule has 0 saturated carbocycles. The molecule has 4 heteroatoms. The lowest BCUT2D eigenvalue weighted by Gasteiger charge is -2.25. The van der Waals surface area contributed by atoms with Crippen LogP contribution in [0.4, 0.5) is 4.79 Å². The second kappa shape index (κ2) is 6.74. The van der Waals surface area contributed by atoms with Crippen molar-refractivity contribution in [1.29, 1.82) is 0 Å². The molecule has 96 valence electrons. The zero-order chi connectivity index (χ0) is 12.8. The first-order chi connectivity index (χ1) is 7.26. The molecule has 0 aromatic heterocycles. The van der Waals surface area contributed by atoms with Gasteiger partial charge in [-0.25, -0.2) is 4.79 Å². The molecule has 0 aliphatic rings. The fourth-order valence-corrected chi connectivity index (χ4v) is 1.30. The summed E-state index contributed by atoms with van der Waals surface area (Å²) in [6.07, 6.45) is 0.737. The zero-order valence-electron chi connectivity index (χ0n) is 11.5. The standard InChI is InChI=1S/C12H26N2O2/c1-10(9-13-5)7-8-14(6)11(15)16-12(2,3)4/h10,13H,7-9H2,1-6H3. The summed E-state index contributed by atoms with van der Waals surface area (Å²) in [6, 6.07) is 0. The van der Waals surface area contributed by atoms with E-state index >= 15 is 0 Å². The van der Waals surface area contributed by atoms with Crippen molar-refractivity contribution in [1.82, 2.24) is 10.2 Å². The quantitative estimate of drug-likeness (QED) is 0.786. The number of rotatable bonds is 5. The smallest absolute Gasteiger partial charge is 0.410 e. The summed E-state index contributed by atoms with van der Waals surface area (Å²) in [5.41, 5.74) is -0.415. The number of ether oxygens (including phenoxy) is 1. The molecule has 1 amide bonds. The number of nitrogens with one attached hydrogen (secondary N) is 1. The molecule has 0 saturated heterocycles. The monoisotopic (exact) mass is 230 g/mol. The van der Waals surface area contributed by atoms with Crippen LogP contribution in [0, 0.1) is 5.92 Å². The lowest BCUT2D eigenvalue weighted by molar-refractivity contribution is 0.0291. The predicted molar refractivity (Wildman–Crippen MR) is 66.6 cm³/mol. The van der Waals surface area contributed by atoms with Crippen LogP contribution >= 0.6 is 0 Å². The van der Waals surface area contributed by atoms with Crippen LogP contribution in [0.5, 0.6) is 0 Å². The molecule has 0 aliphatic carbocycles. The van der Waals surface area contributed by atoms with E-state index in [0.717, 1.165) is 19.5 Å². The Kier molecular flexibility index (Phi) is 6.41. The van der Waals surface area contributed by atoms with Crippen LogP contribution in [0.15, 0.2) is 0 Å². The maximum atomic E-state index is 11.6. The lowest BCUT2D eigenvalue weighted by Crippen LogP contribution is -2.35. The molecule has 4 nitrogen and oxygen atoms in total. The number of nitrogens with zero attached hydrogens (tertiary/aromatic N) is 1. The minimum atomic E-state index is -0.415. The zero-order valence-corrected chi connectivity index (χ0v) is 11.5. The Bertz CT molecular complexity index is 212. The average molecular weight is 230 g/mol. The summed E-state index contributed by atoms with van der Waals surface area (Å²) in [5, 5.41) is 3.12. The van der Waals surface area contributed by atoms with E-state index in [-0.39, 0.29) is 6.09 Å². The van der Waals surface area contributed by atoms with Crippen molar-refractivity contribution in [3.8, 4) is 0 Å². The number of hydrogen-bond donors (Lipinski definition) is 1. The molecule has 16 heavy (non-hydrogen) atoms. The van der Waals surface area contributed by atoms with E-state index in [1.165, 1.54) is 0 Å². The van der Waals surface area contributed by atoms with Crippen molar-refractivity contribution in [2.75, 3.05) is 27.2 Å². The van der Waals surface area contributed by atoms with Gasteiger partial charge in [-0.05, 0) is 46.7 Å². The molecule has 1 atom stereocenters. The van der Waals surface area contributed by atoms with E-state index in [1.54, 1.807) is 11.9 Å². The van der Waals surface area contributed by atoms with Crippen molar-refractivity contribution >= 4 is 6.09 Å². The summed E-state index contributed by atoms with van der Waals surface area (Å²) in [4.78, 5) is 13.3. The van der Waals surface area contributed by atoms with Gasteiger partial charge in [0.05, 0.1) is 0 Å². The third kappa shape index (κ3) is 7.51. The minimum Gasteiger partial charge on any atom is -0.444 e. The van der Waals surface area contributed by atoms with Gasteiger partial charge >= 0.3 is 6.09 Å². The van der Waals surface area contributed by atoms with Gasteiger partial charge in [-0.3, -0.25) is 0 Å². The van der Waals surface area contributed by atoms with E-state index in [0.29, 0.717) is 5.92 Å². The molecule has 0 bridgehead atoms. The highest BCUT2D eigenvalue weighted by atomic mass is 16.6. The first-order valence-corrected chi connectivity index (χ1v) is 5.85. The second-order valence-electron chi connectivity index (χ2n) is 5.35. The molecular weight excluding hydrogens is 204 g/mol. The summed E-state index contributed by atoms with van der Waals surface area (Å²) in [6.45, 7) is 9.51. The fraction of sp³-hybridized carbons (Fsp3) is 0.917. The van der Waals surface area contributed by atoms with E-state index < -0.39 is 5.60 Å². The molecule has 0 aliphatic heterocycles. The minimum absolute atomic E-state index is 0.246. The van der Waals surface area contributed by atoms with E-state index in [2.05, 4.69) is 12.2 Å². The van der Waals surface area contributed by atoms with Crippen LogP contribution in [0.1, 0.15) is 34.1 Å². The van der Waals surface area contributed by atoms with Crippen LogP contribution in [0.25, 0.3) is 0 Å². The number of carbonyl (C=O) groups excluding carboxylic acids is 1. The highest BCUT2D eigenvalue weighted by molar-refractivity contribution is 5.67. The molecule has 0 spiro atoms. The van der Waals surface area contributed by atoms with Crippen molar-refractivity contribution < 1.29 is 9.53 Å². The van der Waals surface area contributed by atoms with Gasteiger partial charge in [0.25, 0.3) is 0 Å². The molecule has 0 aromatic carbocycles. The van der Waals surface area contributed by atoms with Gasteiger partial charge in [-0.2, -0.15) is 0 Å². The maximum Gasteiger partial charge on any atom is 0.410 e. The lowest BCUT2D eigenvalue weighted by atomic mass is 10.1. The Balaban J connectivity index is 3.88. The van der Waals surface area contributed by atoms with Gasteiger partial charge in [0, 0.05) is 13.6 Å². The summed E-state index contributed by atoms with van der Waals surface area (Å²) < 4.78 is 5.26. The molecule has 1 N–H and O–H groups in total. The largest absolute Gasteiger partial charge is 0.444 e. The third-order valence-electron chi connectivity index (χ3n) is 2.22. The molecule has 0 heterocycles.